The van der Waals surface area contributed by atoms with Gasteiger partial charge in [-0.05, 0) is 36.3 Å². The van der Waals surface area contributed by atoms with Crippen LogP contribution in [0.15, 0.2) is 60.3 Å². The highest BCUT2D eigenvalue weighted by Crippen LogP contribution is 2.14. The normalized spacial score (nSPS) is 15.4. The van der Waals surface area contributed by atoms with E-state index in [1.165, 1.54) is 0 Å². The predicted molar refractivity (Wildman–Crippen MR) is 94.5 cm³/mol. The molecule has 0 aliphatic carbocycles. The quantitative estimate of drug-likeness (QED) is 0.666. The zero-order valence-corrected chi connectivity index (χ0v) is 13.7. The van der Waals surface area contributed by atoms with Crippen LogP contribution < -0.4 is 10.6 Å². The van der Waals surface area contributed by atoms with Crippen molar-refractivity contribution >= 4 is 29.6 Å². The number of hydrogen-bond acceptors (Lipinski definition) is 3. The predicted octanol–water partition coefficient (Wildman–Crippen LogP) is 2.53. The number of hydrogen-bond donors (Lipinski definition) is 2. The summed E-state index contributed by atoms with van der Waals surface area (Å²) in [5.41, 5.74) is 2.56. The Morgan fingerprint density at radius 1 is 1.12 bits per heavy atom. The van der Waals surface area contributed by atoms with E-state index in [0.717, 1.165) is 16.0 Å². The molecule has 126 valence electrons. The third-order valence-electron chi connectivity index (χ3n) is 3.68. The highest BCUT2D eigenvalue weighted by molar-refractivity contribution is 6.15. The van der Waals surface area contributed by atoms with Crippen LogP contribution in [0.5, 0.6) is 0 Å². The van der Waals surface area contributed by atoms with E-state index in [9.17, 15) is 14.4 Å². The number of carbonyl (C=O) groups excluding carboxylic acids is 3. The van der Waals surface area contributed by atoms with Crippen LogP contribution in [0.3, 0.4) is 0 Å². The van der Waals surface area contributed by atoms with Crippen molar-refractivity contribution in [2.75, 3.05) is 11.9 Å². The Hall–Kier alpha value is -3.41. The van der Waals surface area contributed by atoms with E-state index in [2.05, 4.69) is 10.6 Å². The first kappa shape index (κ1) is 16.4. The number of urea groups is 1. The molecule has 2 aromatic carbocycles. The highest BCUT2D eigenvalue weighted by Gasteiger charge is 2.34. The van der Waals surface area contributed by atoms with Crippen LogP contribution in [0, 0.1) is 6.92 Å². The monoisotopic (exact) mass is 335 g/mol. The van der Waals surface area contributed by atoms with Gasteiger partial charge in [-0.15, -0.1) is 0 Å². The van der Waals surface area contributed by atoms with E-state index < -0.39 is 17.8 Å². The van der Waals surface area contributed by atoms with E-state index in [1.807, 2.05) is 55.5 Å². The molecule has 0 bridgehead atoms. The Labute approximate surface area is 145 Å². The summed E-state index contributed by atoms with van der Waals surface area (Å²) in [7, 11) is 0. The number of amides is 4. The lowest BCUT2D eigenvalue weighted by molar-refractivity contribution is -0.127. The van der Waals surface area contributed by atoms with Gasteiger partial charge in [0.2, 0.25) is 5.91 Å². The number of carbonyl (C=O) groups is 3. The molecule has 1 heterocycles. The van der Waals surface area contributed by atoms with Crippen LogP contribution in [-0.2, 0) is 9.59 Å². The number of nitrogens with one attached hydrogen (secondary N) is 2. The topological polar surface area (TPSA) is 78.5 Å². The molecule has 0 unspecified atom stereocenters. The first-order valence-corrected chi connectivity index (χ1v) is 7.79. The number of imide groups is 1. The Morgan fingerprint density at radius 2 is 1.88 bits per heavy atom. The summed E-state index contributed by atoms with van der Waals surface area (Å²) in [6, 6.07) is 15.8. The molecule has 1 saturated heterocycles. The van der Waals surface area contributed by atoms with Gasteiger partial charge in [0.05, 0.1) is 0 Å². The van der Waals surface area contributed by atoms with Crippen LogP contribution in [0.1, 0.15) is 11.1 Å². The molecule has 2 N–H and O–H groups in total. The van der Waals surface area contributed by atoms with Crippen molar-refractivity contribution < 1.29 is 14.4 Å². The second-order valence-corrected chi connectivity index (χ2v) is 5.71. The van der Waals surface area contributed by atoms with E-state index in [4.69, 9.17) is 0 Å². The number of nitrogens with zero attached hydrogens (tertiary/aromatic N) is 1. The van der Waals surface area contributed by atoms with Gasteiger partial charge >= 0.3 is 6.03 Å². The van der Waals surface area contributed by atoms with Crippen molar-refractivity contribution in [3.63, 3.8) is 0 Å². The summed E-state index contributed by atoms with van der Waals surface area (Å²) >= 11 is 0. The van der Waals surface area contributed by atoms with Gasteiger partial charge < -0.3 is 10.6 Å². The van der Waals surface area contributed by atoms with E-state index in [-0.39, 0.29) is 12.2 Å². The van der Waals surface area contributed by atoms with Gasteiger partial charge in [-0.2, -0.15) is 0 Å². The number of aryl methyl sites for hydroxylation is 1. The smallest absolute Gasteiger partial charge is 0.325 e. The molecule has 6 heteroatoms. The van der Waals surface area contributed by atoms with Crippen molar-refractivity contribution in [3.05, 3.63) is 71.4 Å². The van der Waals surface area contributed by atoms with Gasteiger partial charge in [-0.25, -0.2) is 9.69 Å². The zero-order chi connectivity index (χ0) is 17.8. The molecule has 0 atom stereocenters. The summed E-state index contributed by atoms with van der Waals surface area (Å²) in [4.78, 5) is 37.4. The Bertz CT molecular complexity index is 859. The summed E-state index contributed by atoms with van der Waals surface area (Å²) in [5, 5.41) is 5.18. The molecule has 3 rings (SSSR count). The Balaban J connectivity index is 1.68. The average molecular weight is 335 g/mol. The molecule has 0 aromatic heterocycles. The van der Waals surface area contributed by atoms with Gasteiger partial charge in [-0.3, -0.25) is 9.59 Å². The van der Waals surface area contributed by atoms with Crippen LogP contribution in [-0.4, -0.2) is 29.3 Å². The van der Waals surface area contributed by atoms with Crippen molar-refractivity contribution in [3.8, 4) is 0 Å². The number of anilines is 1. The van der Waals surface area contributed by atoms with Crippen LogP contribution >= 0.6 is 0 Å². The number of benzene rings is 2. The van der Waals surface area contributed by atoms with Crippen molar-refractivity contribution in [1.82, 2.24) is 10.2 Å². The summed E-state index contributed by atoms with van der Waals surface area (Å²) in [5.74, 6) is -0.955. The van der Waals surface area contributed by atoms with Crippen molar-refractivity contribution in [2.45, 2.75) is 6.92 Å². The van der Waals surface area contributed by atoms with Crippen LogP contribution in [0.4, 0.5) is 10.5 Å². The van der Waals surface area contributed by atoms with Crippen molar-refractivity contribution in [1.29, 1.82) is 0 Å². The SMILES string of the molecule is Cc1cccc(NC(=O)CN2C(=O)NC(=Cc3ccccc3)C2=O)c1. The molecule has 1 aliphatic rings. The fraction of sp³-hybridized carbons (Fsp3) is 0.105. The maximum Gasteiger partial charge on any atom is 0.329 e. The number of rotatable bonds is 4. The van der Waals surface area contributed by atoms with E-state index in [1.54, 1.807) is 12.1 Å². The maximum atomic E-state index is 12.4. The Morgan fingerprint density at radius 3 is 2.60 bits per heavy atom. The lowest BCUT2D eigenvalue weighted by Gasteiger charge is -2.12. The van der Waals surface area contributed by atoms with Gasteiger partial charge in [-0.1, -0.05) is 42.5 Å². The summed E-state index contributed by atoms with van der Waals surface area (Å²) in [6.45, 7) is 1.57. The fourth-order valence-corrected chi connectivity index (χ4v) is 2.50. The zero-order valence-electron chi connectivity index (χ0n) is 13.7. The minimum absolute atomic E-state index is 0.152. The highest BCUT2D eigenvalue weighted by atomic mass is 16.2. The molecule has 1 fully saturated rings. The van der Waals surface area contributed by atoms with E-state index in [0.29, 0.717) is 5.69 Å². The lowest BCUT2D eigenvalue weighted by Crippen LogP contribution is -2.38. The molecule has 2 aromatic rings. The first-order chi connectivity index (χ1) is 12.0. The molecule has 1 aliphatic heterocycles. The molecule has 4 amide bonds. The van der Waals surface area contributed by atoms with Crippen molar-refractivity contribution in [2.24, 2.45) is 0 Å². The van der Waals surface area contributed by atoms with Crippen LogP contribution in [0.25, 0.3) is 6.08 Å². The van der Waals surface area contributed by atoms with Gasteiger partial charge in [0, 0.05) is 5.69 Å². The summed E-state index contributed by atoms with van der Waals surface area (Å²) in [6.07, 6.45) is 1.58. The minimum atomic E-state index is -0.605. The van der Waals surface area contributed by atoms with Crippen LogP contribution in [0.2, 0.25) is 0 Å². The largest absolute Gasteiger partial charge is 0.329 e. The molecule has 0 radical (unpaired) electrons. The lowest BCUT2D eigenvalue weighted by atomic mass is 10.2. The summed E-state index contributed by atoms with van der Waals surface area (Å²) < 4.78 is 0. The van der Waals surface area contributed by atoms with E-state index >= 15 is 0 Å². The van der Waals surface area contributed by atoms with Gasteiger partial charge in [0.1, 0.15) is 12.2 Å². The second-order valence-electron chi connectivity index (χ2n) is 5.71. The average Bonchev–Trinajstić information content (AvgIpc) is 2.83. The standard InChI is InChI=1S/C19H17N3O3/c1-13-6-5-9-15(10-13)20-17(23)12-22-18(24)16(21-19(22)25)11-14-7-3-2-4-8-14/h2-11H,12H2,1H3,(H,20,23)(H,21,25). The molecule has 6 nitrogen and oxygen atoms in total. The third-order valence-corrected chi connectivity index (χ3v) is 3.68. The third kappa shape index (κ3) is 3.92. The Kier molecular flexibility index (Phi) is 4.61. The molecule has 25 heavy (non-hydrogen) atoms. The van der Waals surface area contributed by atoms with Gasteiger partial charge in [0.15, 0.2) is 0 Å². The molecule has 0 spiro atoms. The maximum absolute atomic E-state index is 12.4. The molecule has 0 saturated carbocycles. The fourth-order valence-electron chi connectivity index (χ4n) is 2.50. The molecular formula is C19H17N3O3. The molecular weight excluding hydrogens is 318 g/mol. The minimum Gasteiger partial charge on any atom is -0.325 e. The second kappa shape index (κ2) is 7.00. The first-order valence-electron chi connectivity index (χ1n) is 7.79. The van der Waals surface area contributed by atoms with Gasteiger partial charge in [0.25, 0.3) is 5.91 Å².